The highest BCUT2D eigenvalue weighted by Crippen LogP contribution is 1.97. The van der Waals surface area contributed by atoms with Crippen LogP contribution in [0.15, 0.2) is 0 Å². The molecular formula is C9H16N2O. The summed E-state index contributed by atoms with van der Waals surface area (Å²) in [5, 5.41) is 0. The number of amides is 1. The first kappa shape index (κ1) is 11.0. The molecule has 0 aliphatic carbocycles. The molecule has 0 heterocycles. The highest BCUT2D eigenvalue weighted by Gasteiger charge is 2.15. The zero-order chi connectivity index (χ0) is 9.56. The molecule has 0 spiro atoms. The van der Waals surface area contributed by atoms with Gasteiger partial charge < -0.3 is 10.6 Å². The number of carbonyl (C=O) groups is 1. The lowest BCUT2D eigenvalue weighted by molar-refractivity contribution is -0.130. The molecule has 0 saturated heterocycles. The summed E-state index contributed by atoms with van der Waals surface area (Å²) in [5.41, 5.74) is 5.60. The van der Waals surface area contributed by atoms with Crippen molar-refractivity contribution in [2.24, 2.45) is 5.73 Å². The summed E-state index contributed by atoms with van der Waals surface area (Å²) in [5.74, 6) is 2.32. The van der Waals surface area contributed by atoms with Gasteiger partial charge in [-0.05, 0) is 6.42 Å². The average Bonchev–Trinajstić information content (AvgIpc) is 2.04. The van der Waals surface area contributed by atoms with Crippen molar-refractivity contribution in [3.63, 3.8) is 0 Å². The molecule has 0 aromatic heterocycles. The summed E-state index contributed by atoms with van der Waals surface area (Å²) in [4.78, 5) is 12.8. The Kier molecular flexibility index (Phi) is 5.14. The van der Waals surface area contributed by atoms with E-state index in [9.17, 15) is 4.79 Å². The second-order valence-electron chi connectivity index (χ2n) is 2.79. The Labute approximate surface area is 73.9 Å². The van der Waals surface area contributed by atoms with Gasteiger partial charge in [0.2, 0.25) is 5.91 Å². The van der Waals surface area contributed by atoms with Crippen LogP contribution in [0.5, 0.6) is 0 Å². The molecule has 0 aromatic carbocycles. The van der Waals surface area contributed by atoms with E-state index in [1.54, 1.807) is 7.05 Å². The van der Waals surface area contributed by atoms with Crippen LogP contribution in [0.2, 0.25) is 0 Å². The van der Waals surface area contributed by atoms with Crippen molar-refractivity contribution < 1.29 is 4.79 Å². The lowest BCUT2D eigenvalue weighted by atomic mass is 10.1. The van der Waals surface area contributed by atoms with Gasteiger partial charge in [0.15, 0.2) is 0 Å². The van der Waals surface area contributed by atoms with Gasteiger partial charge in [-0.3, -0.25) is 4.79 Å². The number of nitrogens with zero attached hydrogens (tertiary/aromatic N) is 1. The van der Waals surface area contributed by atoms with E-state index in [1.165, 1.54) is 4.90 Å². The summed E-state index contributed by atoms with van der Waals surface area (Å²) in [6.45, 7) is 2.32. The van der Waals surface area contributed by atoms with E-state index in [4.69, 9.17) is 12.2 Å². The molecule has 1 amide bonds. The molecule has 0 fully saturated rings. The lowest BCUT2D eigenvalue weighted by Gasteiger charge is -2.18. The first-order chi connectivity index (χ1) is 5.63. The van der Waals surface area contributed by atoms with Gasteiger partial charge in [0, 0.05) is 7.05 Å². The van der Waals surface area contributed by atoms with E-state index in [1.807, 2.05) is 6.92 Å². The van der Waals surface area contributed by atoms with Crippen LogP contribution in [0.1, 0.15) is 19.8 Å². The fraction of sp³-hybridized carbons (Fsp3) is 0.667. The number of rotatable bonds is 4. The SMILES string of the molecule is C#CCN(C)C(=O)[C@H](N)CCC. The number of hydrogen-bond acceptors (Lipinski definition) is 2. The smallest absolute Gasteiger partial charge is 0.240 e. The van der Waals surface area contributed by atoms with Crippen LogP contribution in [0.3, 0.4) is 0 Å². The minimum atomic E-state index is -0.395. The Balaban J connectivity index is 3.93. The number of hydrogen-bond donors (Lipinski definition) is 1. The van der Waals surface area contributed by atoms with Gasteiger partial charge in [-0.25, -0.2) is 0 Å². The normalized spacial score (nSPS) is 11.8. The van der Waals surface area contributed by atoms with Crippen molar-refractivity contribution in [2.75, 3.05) is 13.6 Å². The molecule has 0 aliphatic heterocycles. The summed E-state index contributed by atoms with van der Waals surface area (Å²) in [6.07, 6.45) is 6.69. The third-order valence-electron chi connectivity index (χ3n) is 1.62. The molecule has 3 heteroatoms. The first-order valence-electron chi connectivity index (χ1n) is 4.07. The van der Waals surface area contributed by atoms with Gasteiger partial charge in [0.05, 0.1) is 12.6 Å². The Morgan fingerprint density at radius 2 is 2.33 bits per heavy atom. The maximum Gasteiger partial charge on any atom is 0.240 e. The van der Waals surface area contributed by atoms with Crippen LogP contribution in [0.4, 0.5) is 0 Å². The molecule has 0 bridgehead atoms. The highest BCUT2D eigenvalue weighted by atomic mass is 16.2. The Bertz CT molecular complexity index is 183. The Hall–Kier alpha value is -1.01. The fourth-order valence-corrected chi connectivity index (χ4v) is 0.932. The monoisotopic (exact) mass is 168 g/mol. The molecule has 0 aliphatic rings. The molecule has 3 nitrogen and oxygen atoms in total. The third kappa shape index (κ3) is 3.40. The molecule has 0 aromatic rings. The number of terminal acetylenes is 1. The van der Waals surface area contributed by atoms with Crippen LogP contribution in [-0.4, -0.2) is 30.4 Å². The van der Waals surface area contributed by atoms with Gasteiger partial charge >= 0.3 is 0 Å². The number of carbonyl (C=O) groups excluding carboxylic acids is 1. The molecule has 68 valence electrons. The molecule has 0 rings (SSSR count). The summed E-state index contributed by atoms with van der Waals surface area (Å²) in [7, 11) is 1.66. The molecule has 0 radical (unpaired) electrons. The highest BCUT2D eigenvalue weighted by molar-refractivity contribution is 5.81. The van der Waals surface area contributed by atoms with E-state index >= 15 is 0 Å². The predicted molar refractivity (Wildman–Crippen MR) is 49.4 cm³/mol. The standard InChI is InChI=1S/C9H16N2O/c1-4-6-8(10)9(12)11(3)7-5-2/h2,8H,4,6-7,10H2,1,3H3/t8-/m1/s1. The van der Waals surface area contributed by atoms with Crippen molar-refractivity contribution in [2.45, 2.75) is 25.8 Å². The predicted octanol–water partition coefficient (Wildman–Crippen LogP) is 0.205. The average molecular weight is 168 g/mol. The van der Waals surface area contributed by atoms with Crippen LogP contribution in [0.25, 0.3) is 0 Å². The second kappa shape index (κ2) is 5.62. The lowest BCUT2D eigenvalue weighted by Crippen LogP contribution is -2.41. The van der Waals surface area contributed by atoms with Crippen molar-refractivity contribution >= 4 is 5.91 Å². The van der Waals surface area contributed by atoms with Gasteiger partial charge in [-0.1, -0.05) is 19.3 Å². The zero-order valence-electron chi connectivity index (χ0n) is 7.71. The maximum atomic E-state index is 11.3. The van der Waals surface area contributed by atoms with E-state index in [0.29, 0.717) is 13.0 Å². The van der Waals surface area contributed by atoms with E-state index in [-0.39, 0.29) is 5.91 Å². The van der Waals surface area contributed by atoms with Crippen LogP contribution in [0, 0.1) is 12.3 Å². The summed E-state index contributed by atoms with van der Waals surface area (Å²) < 4.78 is 0. The molecule has 2 N–H and O–H groups in total. The van der Waals surface area contributed by atoms with Crippen LogP contribution >= 0.6 is 0 Å². The van der Waals surface area contributed by atoms with Crippen LogP contribution in [-0.2, 0) is 4.79 Å². The largest absolute Gasteiger partial charge is 0.333 e. The van der Waals surface area contributed by atoms with E-state index in [0.717, 1.165) is 6.42 Å². The second-order valence-corrected chi connectivity index (χ2v) is 2.79. The molecule has 12 heavy (non-hydrogen) atoms. The summed E-state index contributed by atoms with van der Waals surface area (Å²) in [6, 6.07) is -0.395. The fourth-order valence-electron chi connectivity index (χ4n) is 0.932. The summed E-state index contributed by atoms with van der Waals surface area (Å²) >= 11 is 0. The van der Waals surface area contributed by atoms with Crippen molar-refractivity contribution in [3.05, 3.63) is 0 Å². The van der Waals surface area contributed by atoms with Gasteiger partial charge in [-0.15, -0.1) is 6.42 Å². The quantitative estimate of drug-likeness (QED) is 0.610. The first-order valence-corrected chi connectivity index (χ1v) is 4.07. The van der Waals surface area contributed by atoms with Gasteiger partial charge in [0.1, 0.15) is 0 Å². The number of nitrogens with two attached hydrogens (primary N) is 1. The number of likely N-dealkylation sites (N-methyl/N-ethyl adjacent to an activating group) is 1. The Morgan fingerprint density at radius 3 is 2.75 bits per heavy atom. The van der Waals surface area contributed by atoms with Crippen molar-refractivity contribution in [1.29, 1.82) is 0 Å². The van der Waals surface area contributed by atoms with Gasteiger partial charge in [-0.2, -0.15) is 0 Å². The Morgan fingerprint density at radius 1 is 1.75 bits per heavy atom. The van der Waals surface area contributed by atoms with Crippen LogP contribution < -0.4 is 5.73 Å². The minimum absolute atomic E-state index is 0.0743. The van der Waals surface area contributed by atoms with E-state index in [2.05, 4.69) is 5.92 Å². The van der Waals surface area contributed by atoms with Crippen molar-refractivity contribution in [1.82, 2.24) is 4.90 Å². The maximum absolute atomic E-state index is 11.3. The molecule has 0 saturated carbocycles. The van der Waals surface area contributed by atoms with Crippen molar-refractivity contribution in [3.8, 4) is 12.3 Å². The van der Waals surface area contributed by atoms with E-state index < -0.39 is 6.04 Å². The molecule has 0 unspecified atom stereocenters. The minimum Gasteiger partial charge on any atom is -0.333 e. The molecular weight excluding hydrogens is 152 g/mol. The zero-order valence-corrected chi connectivity index (χ0v) is 7.71. The van der Waals surface area contributed by atoms with Gasteiger partial charge in [0.25, 0.3) is 0 Å². The topological polar surface area (TPSA) is 46.3 Å². The third-order valence-corrected chi connectivity index (χ3v) is 1.62. The molecule has 1 atom stereocenters.